The second kappa shape index (κ2) is 11.4. The smallest absolute Gasteiger partial charge is 0.271 e. The van der Waals surface area contributed by atoms with Crippen LogP contribution in [-0.4, -0.2) is 32.4 Å². The molecule has 0 aliphatic heterocycles. The van der Waals surface area contributed by atoms with Gasteiger partial charge in [-0.3, -0.25) is 4.79 Å². The lowest BCUT2D eigenvalue weighted by atomic mass is 10.2. The molecule has 0 aliphatic rings. The first-order chi connectivity index (χ1) is 15.2. The van der Waals surface area contributed by atoms with Crippen LogP contribution in [0.4, 0.5) is 0 Å². The van der Waals surface area contributed by atoms with Crippen molar-refractivity contribution < 1.29 is 19.0 Å². The van der Waals surface area contributed by atoms with Crippen molar-refractivity contribution in [3.8, 4) is 17.2 Å². The third-order valence-electron chi connectivity index (χ3n) is 4.50. The molecule has 0 saturated carbocycles. The van der Waals surface area contributed by atoms with E-state index in [1.807, 2.05) is 49.4 Å². The summed E-state index contributed by atoms with van der Waals surface area (Å²) >= 11 is 0. The van der Waals surface area contributed by atoms with E-state index in [0.717, 1.165) is 23.3 Å². The van der Waals surface area contributed by atoms with Crippen molar-refractivity contribution in [2.75, 3.05) is 20.3 Å². The number of nitrogens with one attached hydrogen (secondary N) is 1. The summed E-state index contributed by atoms with van der Waals surface area (Å²) in [6.07, 6.45) is 2.30. The highest BCUT2D eigenvalue weighted by atomic mass is 16.5. The first-order valence-electron chi connectivity index (χ1n) is 10.0. The Hall–Kier alpha value is -3.80. The summed E-state index contributed by atoms with van der Waals surface area (Å²) in [6.45, 7) is 3.09. The van der Waals surface area contributed by atoms with E-state index in [9.17, 15) is 4.79 Å². The molecule has 0 saturated heterocycles. The van der Waals surface area contributed by atoms with Crippen LogP contribution in [-0.2, 0) is 0 Å². The minimum Gasteiger partial charge on any atom is -0.493 e. The quantitative estimate of drug-likeness (QED) is 0.296. The molecule has 3 aromatic rings. The normalized spacial score (nSPS) is 10.6. The molecular formula is C25H26N2O4. The van der Waals surface area contributed by atoms with Crippen molar-refractivity contribution in [2.45, 2.75) is 13.3 Å². The fraction of sp³-hybridized carbons (Fsp3) is 0.200. The fourth-order valence-electron chi connectivity index (χ4n) is 2.84. The first kappa shape index (κ1) is 21.9. The summed E-state index contributed by atoms with van der Waals surface area (Å²) in [6, 6.07) is 22.3. The van der Waals surface area contributed by atoms with Crippen LogP contribution in [0.5, 0.6) is 17.2 Å². The monoisotopic (exact) mass is 418 g/mol. The van der Waals surface area contributed by atoms with Gasteiger partial charge in [-0.2, -0.15) is 5.10 Å². The van der Waals surface area contributed by atoms with Crippen LogP contribution in [0.25, 0.3) is 0 Å². The highest BCUT2D eigenvalue weighted by molar-refractivity contribution is 5.94. The van der Waals surface area contributed by atoms with Gasteiger partial charge in [-0.25, -0.2) is 5.43 Å². The molecule has 6 nitrogen and oxygen atoms in total. The molecule has 0 unspecified atom stereocenters. The number of ether oxygens (including phenoxy) is 3. The number of hydrogen-bond donors (Lipinski definition) is 1. The van der Waals surface area contributed by atoms with Gasteiger partial charge < -0.3 is 14.2 Å². The fourth-order valence-corrected chi connectivity index (χ4v) is 2.84. The maximum absolute atomic E-state index is 12.0. The molecule has 6 heteroatoms. The maximum atomic E-state index is 12.0. The van der Waals surface area contributed by atoms with E-state index in [1.54, 1.807) is 43.7 Å². The molecule has 0 radical (unpaired) electrons. The van der Waals surface area contributed by atoms with Crippen molar-refractivity contribution in [2.24, 2.45) is 5.10 Å². The molecular weight excluding hydrogens is 392 g/mol. The van der Waals surface area contributed by atoms with Crippen molar-refractivity contribution >= 4 is 12.1 Å². The third-order valence-corrected chi connectivity index (χ3v) is 4.50. The number of rotatable bonds is 10. The Balaban J connectivity index is 1.47. The Kier molecular flexibility index (Phi) is 8.05. The molecule has 31 heavy (non-hydrogen) atoms. The molecule has 0 spiro atoms. The number of hydrogen-bond acceptors (Lipinski definition) is 5. The largest absolute Gasteiger partial charge is 0.493 e. The molecule has 1 N–H and O–H groups in total. The van der Waals surface area contributed by atoms with Crippen LogP contribution in [0.15, 0.2) is 77.9 Å². The van der Waals surface area contributed by atoms with Crippen LogP contribution in [0.1, 0.15) is 27.9 Å². The minimum atomic E-state index is -0.267. The molecule has 3 rings (SSSR count). The highest BCUT2D eigenvalue weighted by Crippen LogP contribution is 2.27. The van der Waals surface area contributed by atoms with Crippen LogP contribution in [0.2, 0.25) is 0 Å². The third kappa shape index (κ3) is 6.60. The summed E-state index contributed by atoms with van der Waals surface area (Å²) in [5.41, 5.74) is 4.95. The lowest BCUT2D eigenvalue weighted by molar-refractivity contribution is 0.0955. The summed E-state index contributed by atoms with van der Waals surface area (Å²) in [5.74, 6) is 1.86. The van der Waals surface area contributed by atoms with E-state index in [-0.39, 0.29) is 5.91 Å². The van der Waals surface area contributed by atoms with Crippen LogP contribution in [0, 0.1) is 6.92 Å². The number of hydrazone groups is 1. The maximum Gasteiger partial charge on any atom is 0.271 e. The Bertz CT molecular complexity index is 1020. The number of methoxy groups -OCH3 is 1. The van der Waals surface area contributed by atoms with Crippen LogP contribution < -0.4 is 19.6 Å². The predicted molar refractivity (Wildman–Crippen MR) is 121 cm³/mol. The van der Waals surface area contributed by atoms with Crippen molar-refractivity contribution in [1.82, 2.24) is 5.43 Å². The molecule has 160 valence electrons. The van der Waals surface area contributed by atoms with E-state index in [1.165, 1.54) is 0 Å². The average Bonchev–Trinajstić information content (AvgIpc) is 2.81. The molecule has 0 bridgehead atoms. The Labute approximate surface area is 182 Å². The number of nitrogens with zero attached hydrogens (tertiary/aromatic N) is 1. The van der Waals surface area contributed by atoms with E-state index in [4.69, 9.17) is 14.2 Å². The van der Waals surface area contributed by atoms with Crippen molar-refractivity contribution in [1.29, 1.82) is 0 Å². The average molecular weight is 418 g/mol. The molecule has 0 fully saturated rings. The number of para-hydroxylation sites is 1. The molecule has 0 atom stereocenters. The van der Waals surface area contributed by atoms with Crippen LogP contribution in [0.3, 0.4) is 0 Å². The lowest BCUT2D eigenvalue weighted by Crippen LogP contribution is -2.17. The van der Waals surface area contributed by atoms with Gasteiger partial charge in [0.15, 0.2) is 11.5 Å². The molecule has 1 amide bonds. The van der Waals surface area contributed by atoms with Gasteiger partial charge in [0.05, 0.1) is 26.5 Å². The number of amides is 1. The van der Waals surface area contributed by atoms with Gasteiger partial charge in [-0.15, -0.1) is 0 Å². The van der Waals surface area contributed by atoms with Gasteiger partial charge in [0.25, 0.3) is 5.91 Å². The van der Waals surface area contributed by atoms with Crippen molar-refractivity contribution in [3.05, 3.63) is 89.5 Å². The zero-order chi connectivity index (χ0) is 21.9. The molecule has 3 aromatic carbocycles. The van der Waals surface area contributed by atoms with E-state index in [2.05, 4.69) is 10.5 Å². The number of aryl methyl sites for hydroxylation is 1. The van der Waals surface area contributed by atoms with Gasteiger partial charge >= 0.3 is 0 Å². The molecule has 0 aromatic heterocycles. The summed E-state index contributed by atoms with van der Waals surface area (Å²) in [5, 5.41) is 4.01. The number of carbonyl (C=O) groups excluding carboxylic acids is 1. The van der Waals surface area contributed by atoms with E-state index >= 15 is 0 Å². The van der Waals surface area contributed by atoms with Gasteiger partial charge in [0.1, 0.15) is 5.75 Å². The lowest BCUT2D eigenvalue weighted by Gasteiger charge is -2.12. The number of carbonyl (C=O) groups is 1. The number of benzene rings is 3. The molecule has 0 heterocycles. The summed E-state index contributed by atoms with van der Waals surface area (Å²) < 4.78 is 17.0. The second-order valence-corrected chi connectivity index (χ2v) is 6.79. The minimum absolute atomic E-state index is 0.267. The predicted octanol–water partition coefficient (Wildman–Crippen LogP) is 4.62. The molecule has 0 aliphatic carbocycles. The Morgan fingerprint density at radius 2 is 1.61 bits per heavy atom. The second-order valence-electron chi connectivity index (χ2n) is 6.79. The van der Waals surface area contributed by atoms with Gasteiger partial charge in [-0.05, 0) is 54.4 Å². The van der Waals surface area contributed by atoms with E-state index in [0.29, 0.717) is 30.3 Å². The van der Waals surface area contributed by atoms with Gasteiger partial charge in [0.2, 0.25) is 0 Å². The first-order valence-corrected chi connectivity index (χ1v) is 10.0. The summed E-state index contributed by atoms with van der Waals surface area (Å²) in [4.78, 5) is 12.0. The zero-order valence-electron chi connectivity index (χ0n) is 17.7. The van der Waals surface area contributed by atoms with Gasteiger partial charge in [0, 0.05) is 12.0 Å². The highest BCUT2D eigenvalue weighted by Gasteiger charge is 2.06. The van der Waals surface area contributed by atoms with Crippen LogP contribution >= 0.6 is 0 Å². The summed E-state index contributed by atoms with van der Waals surface area (Å²) in [7, 11) is 1.58. The topological polar surface area (TPSA) is 69.2 Å². The van der Waals surface area contributed by atoms with Gasteiger partial charge in [-0.1, -0.05) is 36.4 Å². The van der Waals surface area contributed by atoms with E-state index < -0.39 is 0 Å². The SMILES string of the molecule is COc1cc(C=NNC(=O)c2ccccc2)ccc1OCCCOc1ccccc1C. The van der Waals surface area contributed by atoms with Crippen molar-refractivity contribution in [3.63, 3.8) is 0 Å². The Morgan fingerprint density at radius 1 is 0.903 bits per heavy atom. The zero-order valence-corrected chi connectivity index (χ0v) is 17.7. The Morgan fingerprint density at radius 3 is 2.35 bits per heavy atom. The standard InChI is InChI=1S/C25H26N2O4/c1-19-9-6-7-12-22(19)30-15-8-16-31-23-14-13-20(17-24(23)29-2)18-26-27-25(28)21-10-4-3-5-11-21/h3-7,9-14,17-18H,8,15-16H2,1-2H3,(H,27,28).